The molecule has 0 atom stereocenters. The molecule has 0 fully saturated rings. The van der Waals surface area contributed by atoms with Crippen LogP contribution in [0.3, 0.4) is 0 Å². The van der Waals surface area contributed by atoms with Crippen LogP contribution in [-0.4, -0.2) is 34.7 Å². The topological polar surface area (TPSA) is 84.5 Å². The van der Waals surface area contributed by atoms with E-state index in [1.165, 1.54) is 24.3 Å². The van der Waals surface area contributed by atoms with Gasteiger partial charge in [0, 0.05) is 25.3 Å². The van der Waals surface area contributed by atoms with Crippen molar-refractivity contribution >= 4 is 27.7 Å². The molecule has 1 rings (SSSR count). The molecular formula is C11H15ClN2O4S. The lowest BCUT2D eigenvalue weighted by atomic mass is 10.4. The van der Waals surface area contributed by atoms with Crippen molar-refractivity contribution in [3.05, 3.63) is 29.3 Å². The lowest BCUT2D eigenvalue weighted by Gasteiger charge is -2.08. The second-order valence-electron chi connectivity index (χ2n) is 3.66. The molecular weight excluding hydrogens is 292 g/mol. The van der Waals surface area contributed by atoms with Crippen LogP contribution in [0.1, 0.15) is 6.42 Å². The highest BCUT2D eigenvalue weighted by Gasteiger charge is 2.16. The van der Waals surface area contributed by atoms with Gasteiger partial charge >= 0.3 is 6.03 Å². The number of hydrogen-bond acceptors (Lipinski definition) is 4. The molecule has 2 amide bonds. The molecule has 0 aromatic heterocycles. The van der Waals surface area contributed by atoms with Crippen molar-refractivity contribution in [2.24, 2.45) is 0 Å². The van der Waals surface area contributed by atoms with Gasteiger partial charge < -0.3 is 10.1 Å². The Hall–Kier alpha value is -1.31. The van der Waals surface area contributed by atoms with Crippen LogP contribution >= 0.6 is 11.6 Å². The SMILES string of the molecule is COCCCNC(=O)NS(=O)(=O)c1ccc(Cl)cc1. The zero-order valence-electron chi connectivity index (χ0n) is 10.3. The lowest BCUT2D eigenvalue weighted by molar-refractivity contribution is 0.194. The number of sulfonamides is 1. The Kier molecular flexibility index (Phi) is 6.07. The van der Waals surface area contributed by atoms with Crippen LogP contribution in [0.25, 0.3) is 0 Å². The maximum atomic E-state index is 11.8. The van der Waals surface area contributed by atoms with Crippen molar-refractivity contribution in [1.82, 2.24) is 10.0 Å². The second-order valence-corrected chi connectivity index (χ2v) is 5.78. The molecule has 0 heterocycles. The summed E-state index contributed by atoms with van der Waals surface area (Å²) < 4.78 is 30.3. The lowest BCUT2D eigenvalue weighted by Crippen LogP contribution is -2.39. The number of rotatable bonds is 6. The number of amides is 2. The third kappa shape index (κ3) is 5.46. The van der Waals surface area contributed by atoms with E-state index in [2.05, 4.69) is 5.32 Å². The highest BCUT2D eigenvalue weighted by molar-refractivity contribution is 7.90. The summed E-state index contributed by atoms with van der Waals surface area (Å²) in [5.74, 6) is 0. The van der Waals surface area contributed by atoms with Gasteiger partial charge in [0.2, 0.25) is 0 Å². The number of nitrogens with one attached hydrogen (secondary N) is 2. The van der Waals surface area contributed by atoms with E-state index in [1.807, 2.05) is 4.72 Å². The largest absolute Gasteiger partial charge is 0.385 e. The summed E-state index contributed by atoms with van der Waals surface area (Å²) >= 11 is 5.66. The molecule has 0 aliphatic rings. The molecule has 0 saturated heterocycles. The molecule has 0 bridgehead atoms. The quantitative estimate of drug-likeness (QED) is 0.777. The molecule has 0 aliphatic heterocycles. The summed E-state index contributed by atoms with van der Waals surface area (Å²) in [5.41, 5.74) is 0. The van der Waals surface area contributed by atoms with Gasteiger partial charge in [-0.3, -0.25) is 0 Å². The Morgan fingerprint density at radius 3 is 2.53 bits per heavy atom. The van der Waals surface area contributed by atoms with Crippen LogP contribution in [-0.2, 0) is 14.8 Å². The predicted molar refractivity (Wildman–Crippen MR) is 71.7 cm³/mol. The minimum atomic E-state index is -3.87. The average Bonchev–Trinajstić information content (AvgIpc) is 2.34. The second kappa shape index (κ2) is 7.32. The number of carbonyl (C=O) groups excluding carboxylic acids is 1. The van der Waals surface area contributed by atoms with Crippen molar-refractivity contribution < 1.29 is 17.9 Å². The van der Waals surface area contributed by atoms with Gasteiger partial charge in [0.1, 0.15) is 0 Å². The maximum Gasteiger partial charge on any atom is 0.328 e. The minimum Gasteiger partial charge on any atom is -0.385 e. The summed E-state index contributed by atoms with van der Waals surface area (Å²) in [6, 6.07) is 4.75. The summed E-state index contributed by atoms with van der Waals surface area (Å²) in [5, 5.41) is 2.84. The number of hydrogen-bond donors (Lipinski definition) is 2. The normalized spacial score (nSPS) is 11.1. The molecule has 0 radical (unpaired) electrons. The van der Waals surface area contributed by atoms with Gasteiger partial charge in [-0.2, -0.15) is 0 Å². The highest BCUT2D eigenvalue weighted by Crippen LogP contribution is 2.13. The Morgan fingerprint density at radius 1 is 1.32 bits per heavy atom. The molecule has 0 saturated carbocycles. The zero-order chi connectivity index (χ0) is 14.3. The van der Waals surface area contributed by atoms with E-state index >= 15 is 0 Å². The summed E-state index contributed by atoms with van der Waals surface area (Å²) in [6.45, 7) is 0.819. The Bertz CT molecular complexity index is 516. The monoisotopic (exact) mass is 306 g/mol. The summed E-state index contributed by atoms with van der Waals surface area (Å²) in [4.78, 5) is 11.4. The summed E-state index contributed by atoms with van der Waals surface area (Å²) in [6.07, 6.45) is 0.602. The Labute approximate surface area is 117 Å². The minimum absolute atomic E-state index is 0.0241. The van der Waals surface area contributed by atoms with Crippen molar-refractivity contribution in [3.8, 4) is 0 Å². The van der Waals surface area contributed by atoms with Crippen molar-refractivity contribution in [2.45, 2.75) is 11.3 Å². The van der Waals surface area contributed by atoms with Gasteiger partial charge in [-0.25, -0.2) is 17.9 Å². The van der Waals surface area contributed by atoms with Gasteiger partial charge in [0.25, 0.3) is 10.0 Å². The molecule has 1 aromatic rings. The number of carbonyl (C=O) groups is 1. The third-order valence-electron chi connectivity index (χ3n) is 2.16. The molecule has 6 nitrogen and oxygen atoms in total. The number of halogens is 1. The Morgan fingerprint density at radius 2 is 1.95 bits per heavy atom. The zero-order valence-corrected chi connectivity index (χ0v) is 11.9. The number of ether oxygens (including phenoxy) is 1. The first kappa shape index (κ1) is 15.7. The standard InChI is InChI=1S/C11H15ClN2O4S/c1-18-8-2-7-13-11(15)14-19(16,17)10-5-3-9(12)4-6-10/h3-6H,2,7-8H2,1H3,(H2,13,14,15). The van der Waals surface area contributed by atoms with Gasteiger partial charge in [0.05, 0.1) is 4.90 Å². The molecule has 0 aliphatic carbocycles. The maximum absolute atomic E-state index is 11.8. The van der Waals surface area contributed by atoms with Crippen LogP contribution in [0.5, 0.6) is 0 Å². The average molecular weight is 307 g/mol. The van der Waals surface area contributed by atoms with E-state index < -0.39 is 16.1 Å². The fourth-order valence-electron chi connectivity index (χ4n) is 1.25. The molecule has 1 aromatic carbocycles. The number of urea groups is 1. The third-order valence-corrected chi connectivity index (χ3v) is 3.76. The van der Waals surface area contributed by atoms with Crippen LogP contribution < -0.4 is 10.0 Å². The van der Waals surface area contributed by atoms with Gasteiger partial charge in [-0.05, 0) is 30.7 Å². The molecule has 19 heavy (non-hydrogen) atoms. The van der Waals surface area contributed by atoms with E-state index in [4.69, 9.17) is 16.3 Å². The molecule has 0 unspecified atom stereocenters. The first-order valence-electron chi connectivity index (χ1n) is 5.51. The van der Waals surface area contributed by atoms with Crippen molar-refractivity contribution in [2.75, 3.05) is 20.3 Å². The highest BCUT2D eigenvalue weighted by atomic mass is 35.5. The van der Waals surface area contributed by atoms with E-state index in [0.29, 0.717) is 24.6 Å². The van der Waals surface area contributed by atoms with E-state index in [-0.39, 0.29) is 4.90 Å². The Balaban J connectivity index is 2.55. The van der Waals surface area contributed by atoms with Crippen LogP contribution in [0.4, 0.5) is 4.79 Å². The van der Waals surface area contributed by atoms with E-state index in [0.717, 1.165) is 0 Å². The molecule has 106 valence electrons. The van der Waals surface area contributed by atoms with Crippen LogP contribution in [0.2, 0.25) is 5.02 Å². The molecule has 2 N–H and O–H groups in total. The first-order valence-corrected chi connectivity index (χ1v) is 7.37. The van der Waals surface area contributed by atoms with Crippen molar-refractivity contribution in [1.29, 1.82) is 0 Å². The molecule has 0 spiro atoms. The van der Waals surface area contributed by atoms with Crippen LogP contribution in [0, 0.1) is 0 Å². The molecule has 8 heteroatoms. The van der Waals surface area contributed by atoms with Gasteiger partial charge in [0.15, 0.2) is 0 Å². The van der Waals surface area contributed by atoms with E-state index in [9.17, 15) is 13.2 Å². The number of benzene rings is 1. The van der Waals surface area contributed by atoms with E-state index in [1.54, 1.807) is 7.11 Å². The fraction of sp³-hybridized carbons (Fsp3) is 0.364. The van der Waals surface area contributed by atoms with Crippen molar-refractivity contribution in [3.63, 3.8) is 0 Å². The predicted octanol–water partition coefficient (Wildman–Crippen LogP) is 1.36. The smallest absolute Gasteiger partial charge is 0.328 e. The van der Waals surface area contributed by atoms with Gasteiger partial charge in [-0.15, -0.1) is 0 Å². The summed E-state index contributed by atoms with van der Waals surface area (Å²) in [7, 11) is -2.32. The number of methoxy groups -OCH3 is 1. The first-order chi connectivity index (χ1) is 8.95. The van der Waals surface area contributed by atoms with Crippen LogP contribution in [0.15, 0.2) is 29.2 Å². The fourth-order valence-corrected chi connectivity index (χ4v) is 2.30. The van der Waals surface area contributed by atoms with Gasteiger partial charge in [-0.1, -0.05) is 11.6 Å².